The lowest BCUT2D eigenvalue weighted by Crippen LogP contribution is -2.19. The second-order valence-electron chi connectivity index (χ2n) is 6.91. The van der Waals surface area contributed by atoms with E-state index in [1.165, 1.54) is 23.5 Å². The van der Waals surface area contributed by atoms with Gasteiger partial charge in [0.25, 0.3) is 5.56 Å². The fourth-order valence-electron chi connectivity index (χ4n) is 2.93. The lowest BCUT2D eigenvalue weighted by atomic mass is 10.0. The highest BCUT2D eigenvalue weighted by Gasteiger charge is 2.23. The molecule has 1 aliphatic carbocycles. The van der Waals surface area contributed by atoms with Crippen LogP contribution in [0.5, 0.6) is 11.5 Å². The van der Waals surface area contributed by atoms with E-state index in [4.69, 9.17) is 14.0 Å². The maximum Gasteiger partial charge on any atom is 0.254 e. The summed E-state index contributed by atoms with van der Waals surface area (Å²) in [6.07, 6.45) is 4.73. The van der Waals surface area contributed by atoms with Gasteiger partial charge in [-0.2, -0.15) is 0 Å². The van der Waals surface area contributed by atoms with E-state index in [1.807, 2.05) is 25.1 Å². The molecule has 1 aromatic heterocycles. The summed E-state index contributed by atoms with van der Waals surface area (Å²) in [4.78, 5) is 12.1. The number of rotatable bonds is 10. The van der Waals surface area contributed by atoms with Crippen molar-refractivity contribution in [3.05, 3.63) is 46.4 Å². The summed E-state index contributed by atoms with van der Waals surface area (Å²) in [6.45, 7) is 3.37. The lowest BCUT2D eigenvalue weighted by Gasteiger charge is -2.17. The molecule has 1 unspecified atom stereocenters. The predicted molar refractivity (Wildman–Crippen MR) is 109 cm³/mol. The maximum atomic E-state index is 12.1. The molecule has 2 N–H and O–H groups in total. The summed E-state index contributed by atoms with van der Waals surface area (Å²) in [7, 11) is 1.70. The Hall–Kier alpha value is -2.16. The van der Waals surface area contributed by atoms with E-state index in [0.29, 0.717) is 37.8 Å². The number of ether oxygens (including phenoxy) is 2. The molecule has 2 aromatic rings. The van der Waals surface area contributed by atoms with E-state index in [2.05, 4.69) is 4.72 Å². The monoisotopic (exact) mass is 406 g/mol. The van der Waals surface area contributed by atoms with Gasteiger partial charge in [0.2, 0.25) is 11.3 Å². The van der Waals surface area contributed by atoms with Crippen molar-refractivity contribution in [1.29, 1.82) is 0 Å². The van der Waals surface area contributed by atoms with Crippen molar-refractivity contribution in [2.24, 2.45) is 13.0 Å². The van der Waals surface area contributed by atoms with Crippen molar-refractivity contribution in [3.63, 3.8) is 0 Å². The number of aryl methyl sites for hydroxylation is 1. The third-order valence-electron chi connectivity index (χ3n) is 4.64. The molecule has 1 atom stereocenters. The normalized spacial score (nSPS) is 14.7. The number of aromatic nitrogens is 1. The van der Waals surface area contributed by atoms with Gasteiger partial charge in [-0.1, -0.05) is 6.07 Å². The van der Waals surface area contributed by atoms with E-state index < -0.39 is 11.3 Å². The molecule has 1 fully saturated rings. The van der Waals surface area contributed by atoms with Gasteiger partial charge in [-0.3, -0.25) is 9.35 Å². The van der Waals surface area contributed by atoms with Crippen molar-refractivity contribution >= 4 is 11.3 Å². The summed E-state index contributed by atoms with van der Waals surface area (Å²) in [5.74, 6) is 1.88. The number of nitrogens with one attached hydrogen (secondary N) is 1. The van der Waals surface area contributed by atoms with E-state index in [-0.39, 0.29) is 5.56 Å². The van der Waals surface area contributed by atoms with Crippen LogP contribution in [0.15, 0.2) is 35.3 Å². The van der Waals surface area contributed by atoms with Crippen LogP contribution in [-0.2, 0) is 24.7 Å². The van der Waals surface area contributed by atoms with Gasteiger partial charge in [-0.25, -0.2) is 8.93 Å². The van der Waals surface area contributed by atoms with Gasteiger partial charge in [-0.15, -0.1) is 0 Å². The largest absolute Gasteiger partial charge is 0.493 e. The zero-order valence-electron chi connectivity index (χ0n) is 16.1. The van der Waals surface area contributed by atoms with Gasteiger partial charge in [0, 0.05) is 37.0 Å². The standard InChI is InChI=1S/C20H26N2O5S/c1-3-26-19-11-20(23)22(2)12-17(19)16-10-14(8-9-21-28(24)25)6-7-18(16)27-13-15-4-5-15/h6-7,10-12,15,21H,3-5,8-9,13H2,1-2H3,(H,24,25). The molecule has 0 amide bonds. The molecular formula is C20H26N2O5S. The SMILES string of the molecule is CCOc1cc(=O)n(C)cc1-c1cc(CCNS(=O)O)ccc1OCC1CC1. The predicted octanol–water partition coefficient (Wildman–Crippen LogP) is 2.51. The summed E-state index contributed by atoms with van der Waals surface area (Å²) in [5.41, 5.74) is 2.49. The minimum atomic E-state index is -2.03. The molecule has 0 bridgehead atoms. The summed E-state index contributed by atoms with van der Waals surface area (Å²) in [5, 5.41) is 0. The molecular weight excluding hydrogens is 380 g/mol. The molecule has 0 saturated heterocycles. The molecule has 1 aliphatic rings. The highest BCUT2D eigenvalue weighted by atomic mass is 32.2. The van der Waals surface area contributed by atoms with Crippen LogP contribution in [-0.4, -0.2) is 33.1 Å². The number of hydrogen-bond donors (Lipinski definition) is 2. The lowest BCUT2D eigenvalue weighted by molar-refractivity contribution is 0.300. The Bertz CT molecular complexity index is 908. The minimum absolute atomic E-state index is 0.140. The van der Waals surface area contributed by atoms with Gasteiger partial charge < -0.3 is 14.0 Å². The first kappa shape index (κ1) is 20.6. The van der Waals surface area contributed by atoms with Gasteiger partial charge in [-0.05, 0) is 49.8 Å². The second-order valence-corrected chi connectivity index (χ2v) is 7.70. The second kappa shape index (κ2) is 9.36. The van der Waals surface area contributed by atoms with Gasteiger partial charge in [0.15, 0.2) is 0 Å². The first-order chi connectivity index (χ1) is 13.5. The molecule has 1 heterocycles. The van der Waals surface area contributed by atoms with Crippen molar-refractivity contribution in [2.75, 3.05) is 19.8 Å². The first-order valence-corrected chi connectivity index (χ1v) is 10.5. The Morgan fingerprint density at radius 1 is 1.21 bits per heavy atom. The fourth-order valence-corrected chi connectivity index (χ4v) is 3.21. The molecule has 28 heavy (non-hydrogen) atoms. The topological polar surface area (TPSA) is 89.8 Å². The highest BCUT2D eigenvalue weighted by molar-refractivity contribution is 7.77. The molecule has 0 radical (unpaired) electrons. The number of pyridine rings is 1. The number of benzene rings is 1. The zero-order chi connectivity index (χ0) is 20.1. The van der Waals surface area contributed by atoms with Gasteiger partial charge in [0.1, 0.15) is 11.5 Å². The van der Waals surface area contributed by atoms with Crippen LogP contribution in [0.2, 0.25) is 0 Å². The Labute approximate surface area is 167 Å². The van der Waals surface area contributed by atoms with Crippen LogP contribution in [0, 0.1) is 5.92 Å². The molecule has 0 spiro atoms. The van der Waals surface area contributed by atoms with Crippen molar-refractivity contribution in [3.8, 4) is 22.6 Å². The quantitative estimate of drug-likeness (QED) is 0.592. The summed E-state index contributed by atoms with van der Waals surface area (Å²) in [6, 6.07) is 7.36. The Kier molecular flexibility index (Phi) is 6.88. The van der Waals surface area contributed by atoms with Crippen LogP contribution in [0.3, 0.4) is 0 Å². The van der Waals surface area contributed by atoms with E-state index in [9.17, 15) is 9.00 Å². The first-order valence-electron chi connectivity index (χ1n) is 9.42. The minimum Gasteiger partial charge on any atom is -0.493 e. The maximum absolute atomic E-state index is 12.1. The average Bonchev–Trinajstić information content (AvgIpc) is 3.48. The third-order valence-corrected chi connectivity index (χ3v) is 5.09. The molecule has 3 rings (SSSR count). The van der Waals surface area contributed by atoms with E-state index >= 15 is 0 Å². The van der Waals surface area contributed by atoms with Crippen LogP contribution in [0.4, 0.5) is 0 Å². The van der Waals surface area contributed by atoms with Crippen LogP contribution >= 0.6 is 0 Å². The van der Waals surface area contributed by atoms with Crippen molar-refractivity contribution in [2.45, 2.75) is 26.2 Å². The van der Waals surface area contributed by atoms with E-state index in [0.717, 1.165) is 22.4 Å². The smallest absolute Gasteiger partial charge is 0.254 e. The van der Waals surface area contributed by atoms with Crippen LogP contribution < -0.4 is 19.8 Å². The average molecular weight is 407 g/mol. The molecule has 1 aromatic carbocycles. The van der Waals surface area contributed by atoms with Crippen molar-refractivity contribution < 1.29 is 18.2 Å². The summed E-state index contributed by atoms with van der Waals surface area (Å²) < 4.78 is 35.5. The Morgan fingerprint density at radius 3 is 2.68 bits per heavy atom. The summed E-state index contributed by atoms with van der Waals surface area (Å²) >= 11 is -2.03. The van der Waals surface area contributed by atoms with Crippen molar-refractivity contribution in [1.82, 2.24) is 9.29 Å². The molecule has 152 valence electrons. The molecule has 7 nitrogen and oxygen atoms in total. The van der Waals surface area contributed by atoms with Crippen LogP contribution in [0.1, 0.15) is 25.3 Å². The number of hydrogen-bond acceptors (Lipinski definition) is 4. The molecule has 8 heteroatoms. The van der Waals surface area contributed by atoms with Crippen LogP contribution in [0.25, 0.3) is 11.1 Å². The zero-order valence-corrected chi connectivity index (χ0v) is 17.0. The molecule has 1 saturated carbocycles. The van der Waals surface area contributed by atoms with Gasteiger partial charge in [0.05, 0.1) is 13.2 Å². The highest BCUT2D eigenvalue weighted by Crippen LogP contribution is 2.38. The van der Waals surface area contributed by atoms with E-state index in [1.54, 1.807) is 13.2 Å². The Balaban J connectivity index is 1.98. The number of nitrogens with zero attached hydrogens (tertiary/aromatic N) is 1. The Morgan fingerprint density at radius 2 is 2.00 bits per heavy atom. The fraction of sp³-hybridized carbons (Fsp3) is 0.450. The third kappa shape index (κ3) is 5.43. The molecule has 0 aliphatic heterocycles. The van der Waals surface area contributed by atoms with Gasteiger partial charge >= 0.3 is 0 Å².